The Morgan fingerprint density at radius 1 is 0.478 bits per heavy atom. The van der Waals surface area contributed by atoms with Gasteiger partial charge in [0.15, 0.2) is 0 Å². The first kappa shape index (κ1) is 15.6. The number of rotatable bonds is 3. The Kier molecular flexibility index (Phi) is 5.66. The van der Waals surface area contributed by atoms with Crippen molar-refractivity contribution in [1.29, 1.82) is 0 Å². The molecular formula is C20H19N2P. The molecule has 1 aliphatic heterocycles. The second-order valence-corrected chi connectivity index (χ2v) is 7.29. The van der Waals surface area contributed by atoms with Crippen LogP contribution in [0.15, 0.2) is 101 Å². The summed E-state index contributed by atoms with van der Waals surface area (Å²) in [7, 11) is -0.446. The molecule has 3 aromatic carbocycles. The van der Waals surface area contributed by atoms with Crippen molar-refractivity contribution in [3.63, 3.8) is 0 Å². The van der Waals surface area contributed by atoms with E-state index < -0.39 is 7.92 Å². The molecule has 0 N–H and O–H groups in total. The van der Waals surface area contributed by atoms with Crippen LogP contribution in [0.3, 0.4) is 0 Å². The zero-order chi connectivity index (χ0) is 15.7. The summed E-state index contributed by atoms with van der Waals surface area (Å²) >= 11 is 0. The van der Waals surface area contributed by atoms with E-state index in [0.717, 1.165) is 13.1 Å². The van der Waals surface area contributed by atoms with Gasteiger partial charge in [-0.3, -0.25) is 0 Å². The van der Waals surface area contributed by atoms with Crippen molar-refractivity contribution in [2.45, 2.75) is 0 Å². The second-order valence-electron chi connectivity index (χ2n) is 5.07. The lowest BCUT2D eigenvalue weighted by molar-refractivity contribution is 0.738. The van der Waals surface area contributed by atoms with Gasteiger partial charge in [0.05, 0.1) is 13.1 Å². The van der Waals surface area contributed by atoms with Gasteiger partial charge in [-0.2, -0.15) is 10.2 Å². The van der Waals surface area contributed by atoms with Gasteiger partial charge >= 0.3 is 0 Å². The van der Waals surface area contributed by atoms with Gasteiger partial charge in [-0.15, -0.1) is 0 Å². The minimum atomic E-state index is -0.446. The van der Waals surface area contributed by atoms with Gasteiger partial charge in [-0.1, -0.05) is 91.0 Å². The molecular weight excluding hydrogens is 299 g/mol. The Labute approximate surface area is 138 Å². The van der Waals surface area contributed by atoms with Crippen LogP contribution in [0, 0.1) is 0 Å². The van der Waals surface area contributed by atoms with Gasteiger partial charge < -0.3 is 0 Å². The summed E-state index contributed by atoms with van der Waals surface area (Å²) in [5.41, 5.74) is 0. The van der Waals surface area contributed by atoms with Crippen LogP contribution in [0.25, 0.3) is 0 Å². The molecule has 2 nitrogen and oxygen atoms in total. The summed E-state index contributed by atoms with van der Waals surface area (Å²) in [6.07, 6.45) is 0. The zero-order valence-corrected chi connectivity index (χ0v) is 13.8. The Morgan fingerprint density at radius 3 is 0.957 bits per heavy atom. The van der Waals surface area contributed by atoms with Crippen molar-refractivity contribution in [2.24, 2.45) is 10.2 Å². The summed E-state index contributed by atoms with van der Waals surface area (Å²) in [6.45, 7) is 1.92. The van der Waals surface area contributed by atoms with Crippen LogP contribution < -0.4 is 15.9 Å². The first-order valence-corrected chi connectivity index (χ1v) is 9.08. The van der Waals surface area contributed by atoms with E-state index >= 15 is 0 Å². The predicted molar refractivity (Wildman–Crippen MR) is 99.7 cm³/mol. The molecule has 1 aliphatic rings. The van der Waals surface area contributed by atoms with E-state index in [4.69, 9.17) is 0 Å². The summed E-state index contributed by atoms with van der Waals surface area (Å²) in [6, 6.07) is 32.3. The van der Waals surface area contributed by atoms with Crippen molar-refractivity contribution in [2.75, 3.05) is 13.1 Å². The maximum absolute atomic E-state index is 3.54. The standard InChI is InChI=1S/C18H15P.C2H4N2/c1-4-10-16(11-5-1)19(17-12-6-2-7-13-17)18-14-8-3-9-15-18;1-2-4-3-1/h1-15H;1-2H2. The van der Waals surface area contributed by atoms with E-state index in [-0.39, 0.29) is 0 Å². The number of benzene rings is 3. The fourth-order valence-electron chi connectivity index (χ4n) is 2.28. The van der Waals surface area contributed by atoms with Crippen LogP contribution in [0.1, 0.15) is 0 Å². The van der Waals surface area contributed by atoms with E-state index in [2.05, 4.69) is 101 Å². The molecule has 0 bridgehead atoms. The lowest BCUT2D eigenvalue weighted by Gasteiger charge is -2.18. The Hall–Kier alpha value is -2.31. The summed E-state index contributed by atoms with van der Waals surface area (Å²) < 4.78 is 0. The molecule has 0 saturated carbocycles. The van der Waals surface area contributed by atoms with Gasteiger partial charge in [-0.05, 0) is 23.8 Å². The molecule has 0 radical (unpaired) electrons. The number of hydrogen-bond acceptors (Lipinski definition) is 2. The van der Waals surface area contributed by atoms with Gasteiger partial charge in [0.25, 0.3) is 0 Å². The van der Waals surface area contributed by atoms with Crippen LogP contribution in [0.5, 0.6) is 0 Å². The molecule has 4 rings (SSSR count). The third-order valence-corrected chi connectivity index (χ3v) is 5.89. The van der Waals surface area contributed by atoms with Crippen LogP contribution in [-0.4, -0.2) is 13.1 Å². The second kappa shape index (κ2) is 8.36. The quantitative estimate of drug-likeness (QED) is 0.655. The highest BCUT2D eigenvalue weighted by atomic mass is 31.1. The van der Waals surface area contributed by atoms with Gasteiger partial charge in [0.2, 0.25) is 0 Å². The van der Waals surface area contributed by atoms with Crippen molar-refractivity contribution in [3.8, 4) is 0 Å². The van der Waals surface area contributed by atoms with E-state index in [1.807, 2.05) is 0 Å². The van der Waals surface area contributed by atoms with Gasteiger partial charge in [0, 0.05) is 0 Å². The molecule has 0 spiro atoms. The molecule has 0 aliphatic carbocycles. The molecule has 0 saturated heterocycles. The molecule has 0 fully saturated rings. The highest BCUT2D eigenvalue weighted by Gasteiger charge is 2.14. The molecule has 114 valence electrons. The lowest BCUT2D eigenvalue weighted by atomic mass is 10.4. The van der Waals surface area contributed by atoms with Gasteiger partial charge in [0.1, 0.15) is 0 Å². The summed E-state index contributed by atoms with van der Waals surface area (Å²) in [5, 5.41) is 11.3. The van der Waals surface area contributed by atoms with Crippen LogP contribution in [0.4, 0.5) is 0 Å². The topological polar surface area (TPSA) is 24.7 Å². The van der Waals surface area contributed by atoms with Crippen LogP contribution >= 0.6 is 7.92 Å². The maximum Gasteiger partial charge on any atom is 0.0812 e. The lowest BCUT2D eigenvalue weighted by Crippen LogP contribution is -2.20. The third-order valence-electron chi connectivity index (χ3n) is 3.44. The van der Waals surface area contributed by atoms with Gasteiger partial charge in [-0.25, -0.2) is 0 Å². The van der Waals surface area contributed by atoms with Crippen molar-refractivity contribution >= 4 is 23.8 Å². The summed E-state index contributed by atoms with van der Waals surface area (Å²) in [5.74, 6) is 0. The number of azo groups is 1. The molecule has 0 unspecified atom stereocenters. The minimum absolute atomic E-state index is 0.446. The van der Waals surface area contributed by atoms with Crippen LogP contribution in [0.2, 0.25) is 0 Å². The molecule has 0 aromatic heterocycles. The summed E-state index contributed by atoms with van der Waals surface area (Å²) in [4.78, 5) is 0. The normalized spacial score (nSPS) is 12.2. The van der Waals surface area contributed by atoms with E-state index in [9.17, 15) is 0 Å². The minimum Gasteiger partial charge on any atom is -0.192 e. The fraction of sp³-hybridized carbons (Fsp3) is 0.100. The molecule has 23 heavy (non-hydrogen) atoms. The van der Waals surface area contributed by atoms with Crippen molar-refractivity contribution in [1.82, 2.24) is 0 Å². The number of hydrogen-bond donors (Lipinski definition) is 0. The van der Waals surface area contributed by atoms with Crippen LogP contribution in [-0.2, 0) is 0 Å². The number of nitrogens with zero attached hydrogens (tertiary/aromatic N) is 2. The Bertz CT molecular complexity index is 627. The first-order chi connectivity index (χ1) is 11.4. The maximum atomic E-state index is 3.54. The zero-order valence-electron chi connectivity index (χ0n) is 12.9. The highest BCUT2D eigenvalue weighted by molar-refractivity contribution is 7.79. The molecule has 0 amide bonds. The Morgan fingerprint density at radius 2 is 0.739 bits per heavy atom. The fourth-order valence-corrected chi connectivity index (χ4v) is 4.58. The van der Waals surface area contributed by atoms with E-state index in [0.29, 0.717) is 0 Å². The monoisotopic (exact) mass is 318 g/mol. The molecule has 3 aromatic rings. The third kappa shape index (κ3) is 4.34. The molecule has 0 atom stereocenters. The Balaban J connectivity index is 0.000000341. The molecule has 1 heterocycles. The van der Waals surface area contributed by atoms with E-state index in [1.54, 1.807) is 0 Å². The largest absolute Gasteiger partial charge is 0.192 e. The van der Waals surface area contributed by atoms with Crippen molar-refractivity contribution in [3.05, 3.63) is 91.0 Å². The van der Waals surface area contributed by atoms with Crippen molar-refractivity contribution < 1.29 is 0 Å². The van der Waals surface area contributed by atoms with E-state index in [1.165, 1.54) is 15.9 Å². The SMILES string of the molecule is C1CN=N1.c1ccc(P(c2ccccc2)c2ccccc2)cc1. The average Bonchev–Trinajstić information content (AvgIpc) is 2.57. The first-order valence-electron chi connectivity index (χ1n) is 7.74. The molecule has 3 heteroatoms. The highest BCUT2D eigenvalue weighted by Crippen LogP contribution is 2.32. The predicted octanol–water partition coefficient (Wildman–Crippen LogP) is 3.90. The average molecular weight is 318 g/mol. The smallest absolute Gasteiger partial charge is 0.0812 e.